The molecule has 0 bridgehead atoms. The summed E-state index contributed by atoms with van der Waals surface area (Å²) < 4.78 is 0. The van der Waals surface area contributed by atoms with Gasteiger partial charge in [0.05, 0.1) is 0 Å². The highest BCUT2D eigenvalue weighted by Crippen LogP contribution is 2.13. The molecule has 0 saturated carbocycles. The summed E-state index contributed by atoms with van der Waals surface area (Å²) in [5.74, 6) is 1.10. The van der Waals surface area contributed by atoms with Crippen LogP contribution < -0.4 is 10.2 Å². The Bertz CT molecular complexity index is 338. The SMILES string of the molecule is CCC(CC)Nc1nc(Cl)nc(N(C)C)n1. The van der Waals surface area contributed by atoms with E-state index in [0.717, 1.165) is 12.8 Å². The van der Waals surface area contributed by atoms with Gasteiger partial charge in [-0.25, -0.2) is 0 Å². The molecule has 5 nitrogen and oxygen atoms in total. The van der Waals surface area contributed by atoms with E-state index in [1.165, 1.54) is 0 Å². The van der Waals surface area contributed by atoms with Crippen molar-refractivity contribution in [2.75, 3.05) is 24.3 Å². The summed E-state index contributed by atoms with van der Waals surface area (Å²) in [5.41, 5.74) is 0. The van der Waals surface area contributed by atoms with Crippen molar-refractivity contribution in [3.05, 3.63) is 5.28 Å². The lowest BCUT2D eigenvalue weighted by Crippen LogP contribution is -2.21. The second-order valence-corrected chi connectivity index (χ2v) is 4.12. The number of nitrogens with one attached hydrogen (secondary N) is 1. The predicted octanol–water partition coefficient (Wildman–Crippen LogP) is 2.19. The summed E-state index contributed by atoms with van der Waals surface area (Å²) >= 11 is 5.84. The maximum atomic E-state index is 5.84. The van der Waals surface area contributed by atoms with Crippen LogP contribution in [0.2, 0.25) is 5.28 Å². The van der Waals surface area contributed by atoms with Crippen LogP contribution in [0.15, 0.2) is 0 Å². The van der Waals surface area contributed by atoms with Gasteiger partial charge in [0, 0.05) is 20.1 Å². The van der Waals surface area contributed by atoms with Crippen LogP contribution in [0.1, 0.15) is 26.7 Å². The quantitative estimate of drug-likeness (QED) is 0.859. The zero-order valence-electron chi connectivity index (χ0n) is 10.2. The average molecular weight is 244 g/mol. The molecule has 0 atom stereocenters. The first-order valence-corrected chi connectivity index (χ1v) is 5.80. The van der Waals surface area contributed by atoms with E-state index in [-0.39, 0.29) is 5.28 Å². The minimum Gasteiger partial charge on any atom is -0.351 e. The molecule has 1 aromatic rings. The van der Waals surface area contributed by atoms with Gasteiger partial charge in [0.15, 0.2) is 0 Å². The van der Waals surface area contributed by atoms with Gasteiger partial charge >= 0.3 is 0 Å². The molecule has 1 N–H and O–H groups in total. The van der Waals surface area contributed by atoms with Crippen LogP contribution >= 0.6 is 11.6 Å². The van der Waals surface area contributed by atoms with Gasteiger partial charge < -0.3 is 10.2 Å². The average Bonchev–Trinajstić information content (AvgIpc) is 2.25. The van der Waals surface area contributed by atoms with Crippen molar-refractivity contribution in [3.63, 3.8) is 0 Å². The van der Waals surface area contributed by atoms with Gasteiger partial charge in [-0.15, -0.1) is 0 Å². The molecule has 6 heteroatoms. The van der Waals surface area contributed by atoms with E-state index in [0.29, 0.717) is 17.9 Å². The summed E-state index contributed by atoms with van der Waals surface area (Å²) in [7, 11) is 3.74. The molecule has 0 radical (unpaired) electrons. The highest BCUT2D eigenvalue weighted by atomic mass is 35.5. The van der Waals surface area contributed by atoms with E-state index in [9.17, 15) is 0 Å². The first kappa shape index (κ1) is 13.0. The maximum absolute atomic E-state index is 5.84. The third-order valence-electron chi connectivity index (χ3n) is 2.32. The van der Waals surface area contributed by atoms with Gasteiger partial charge in [0.25, 0.3) is 0 Å². The number of nitrogens with zero attached hydrogens (tertiary/aromatic N) is 4. The van der Waals surface area contributed by atoms with Crippen molar-refractivity contribution in [2.24, 2.45) is 0 Å². The monoisotopic (exact) mass is 243 g/mol. The van der Waals surface area contributed by atoms with Crippen LogP contribution in [0.25, 0.3) is 0 Å². The van der Waals surface area contributed by atoms with Crippen LogP contribution in [-0.2, 0) is 0 Å². The van der Waals surface area contributed by atoms with E-state index >= 15 is 0 Å². The van der Waals surface area contributed by atoms with Gasteiger partial charge in [0.2, 0.25) is 17.2 Å². The molecule has 0 spiro atoms. The Balaban J connectivity index is 2.87. The highest BCUT2D eigenvalue weighted by molar-refractivity contribution is 6.28. The fourth-order valence-electron chi connectivity index (χ4n) is 1.28. The fourth-order valence-corrected chi connectivity index (χ4v) is 1.44. The van der Waals surface area contributed by atoms with Crippen molar-refractivity contribution in [1.82, 2.24) is 15.0 Å². The second-order valence-electron chi connectivity index (χ2n) is 3.78. The molecule has 90 valence electrons. The van der Waals surface area contributed by atoms with Crippen molar-refractivity contribution >= 4 is 23.5 Å². The zero-order valence-corrected chi connectivity index (χ0v) is 10.9. The predicted molar refractivity (Wildman–Crippen MR) is 67.2 cm³/mol. The van der Waals surface area contributed by atoms with Crippen molar-refractivity contribution < 1.29 is 0 Å². The van der Waals surface area contributed by atoms with Gasteiger partial charge in [-0.3, -0.25) is 0 Å². The summed E-state index contributed by atoms with van der Waals surface area (Å²) in [6, 6.07) is 0.369. The number of anilines is 2. The smallest absolute Gasteiger partial charge is 0.230 e. The van der Waals surface area contributed by atoms with Crippen LogP contribution in [0.3, 0.4) is 0 Å². The molecule has 16 heavy (non-hydrogen) atoms. The molecular formula is C10H18ClN5. The minimum atomic E-state index is 0.215. The number of hydrogen-bond acceptors (Lipinski definition) is 5. The van der Waals surface area contributed by atoms with E-state index < -0.39 is 0 Å². The van der Waals surface area contributed by atoms with Crippen molar-refractivity contribution in [2.45, 2.75) is 32.7 Å². The third-order valence-corrected chi connectivity index (χ3v) is 2.48. The van der Waals surface area contributed by atoms with Crippen LogP contribution in [0.4, 0.5) is 11.9 Å². The second kappa shape index (κ2) is 5.84. The molecule has 0 unspecified atom stereocenters. The number of hydrogen-bond donors (Lipinski definition) is 1. The number of aromatic nitrogens is 3. The molecule has 1 rings (SSSR count). The summed E-state index contributed by atoms with van der Waals surface area (Å²) in [5, 5.41) is 3.46. The van der Waals surface area contributed by atoms with Gasteiger partial charge in [-0.05, 0) is 24.4 Å². The Morgan fingerprint density at radius 3 is 2.31 bits per heavy atom. The molecular weight excluding hydrogens is 226 g/mol. The van der Waals surface area contributed by atoms with Gasteiger partial charge in [-0.1, -0.05) is 13.8 Å². The zero-order chi connectivity index (χ0) is 12.1. The normalized spacial score (nSPS) is 10.6. The van der Waals surface area contributed by atoms with Crippen molar-refractivity contribution in [3.8, 4) is 0 Å². The number of rotatable bonds is 5. The molecule has 0 aliphatic rings. The first-order valence-electron chi connectivity index (χ1n) is 5.42. The lowest BCUT2D eigenvalue weighted by atomic mass is 10.2. The van der Waals surface area contributed by atoms with E-state index in [1.807, 2.05) is 14.1 Å². The lowest BCUT2D eigenvalue weighted by molar-refractivity contribution is 0.663. The Morgan fingerprint density at radius 1 is 1.19 bits per heavy atom. The van der Waals surface area contributed by atoms with E-state index in [2.05, 4.69) is 34.1 Å². The van der Waals surface area contributed by atoms with Gasteiger partial charge in [0.1, 0.15) is 0 Å². The third kappa shape index (κ3) is 3.48. The van der Waals surface area contributed by atoms with Crippen LogP contribution in [-0.4, -0.2) is 35.1 Å². The van der Waals surface area contributed by atoms with E-state index in [4.69, 9.17) is 11.6 Å². The van der Waals surface area contributed by atoms with Crippen LogP contribution in [0, 0.1) is 0 Å². The molecule has 1 aromatic heterocycles. The minimum absolute atomic E-state index is 0.215. The molecule has 0 aliphatic carbocycles. The maximum Gasteiger partial charge on any atom is 0.230 e. The van der Waals surface area contributed by atoms with Gasteiger partial charge in [-0.2, -0.15) is 15.0 Å². The molecule has 1 heterocycles. The lowest BCUT2D eigenvalue weighted by Gasteiger charge is -2.16. The Labute approximate surface area is 101 Å². The summed E-state index contributed by atoms with van der Waals surface area (Å²) in [6.07, 6.45) is 2.05. The fraction of sp³-hybridized carbons (Fsp3) is 0.700. The summed E-state index contributed by atoms with van der Waals surface area (Å²) in [6.45, 7) is 4.24. The Morgan fingerprint density at radius 2 is 1.81 bits per heavy atom. The summed E-state index contributed by atoms with van der Waals surface area (Å²) in [4.78, 5) is 14.2. The molecule has 0 fully saturated rings. The highest BCUT2D eigenvalue weighted by Gasteiger charge is 2.09. The van der Waals surface area contributed by atoms with Crippen molar-refractivity contribution in [1.29, 1.82) is 0 Å². The van der Waals surface area contributed by atoms with E-state index in [1.54, 1.807) is 4.90 Å². The standard InChI is InChI=1S/C10H18ClN5/c1-5-7(6-2)12-9-13-8(11)14-10(15-9)16(3)4/h7H,5-6H2,1-4H3,(H,12,13,14,15). The molecule has 0 amide bonds. The largest absolute Gasteiger partial charge is 0.351 e. The first-order chi connectivity index (χ1) is 7.56. The topological polar surface area (TPSA) is 53.9 Å². The number of halogens is 1. The molecule has 0 saturated heterocycles. The molecule has 0 aliphatic heterocycles. The Kier molecular flexibility index (Phi) is 4.73. The Hall–Kier alpha value is -1.10. The molecule has 0 aromatic carbocycles. The van der Waals surface area contributed by atoms with Crippen LogP contribution in [0.5, 0.6) is 0 Å².